The first-order chi connectivity index (χ1) is 22.5. The Labute approximate surface area is 286 Å². The van der Waals surface area contributed by atoms with Crippen molar-refractivity contribution in [3.63, 3.8) is 0 Å². The highest BCUT2D eigenvalue weighted by atomic mass is 28.4. The molecule has 0 unspecified atom stereocenters. The molecule has 0 bridgehead atoms. The molecule has 0 radical (unpaired) electrons. The highest BCUT2D eigenvalue weighted by Crippen LogP contribution is 2.39. The van der Waals surface area contributed by atoms with Crippen LogP contribution in [0.2, 0.25) is 10.1 Å². The van der Waals surface area contributed by atoms with E-state index < -0.39 is 16.6 Å². The van der Waals surface area contributed by atoms with Crippen LogP contribution in [0.5, 0.6) is 0 Å². The van der Waals surface area contributed by atoms with Gasteiger partial charge in [-0.05, 0) is 43.7 Å². The van der Waals surface area contributed by atoms with Crippen LogP contribution in [-0.4, -0.2) is 40.6 Å². The van der Waals surface area contributed by atoms with Gasteiger partial charge in [0.2, 0.25) is 0 Å². The van der Waals surface area contributed by atoms with Crippen molar-refractivity contribution in [3.8, 4) is 0 Å². The van der Waals surface area contributed by atoms with E-state index in [0.717, 1.165) is 6.42 Å². The molecule has 248 valence electrons. The first kappa shape index (κ1) is 36.5. The normalized spacial score (nSPS) is 14.5. The number of aliphatic hydroxyl groups is 1. The summed E-state index contributed by atoms with van der Waals surface area (Å²) in [6, 6.07) is 42.8. The van der Waals surface area contributed by atoms with Crippen LogP contribution in [0.15, 0.2) is 146 Å². The van der Waals surface area contributed by atoms with Gasteiger partial charge in [0.05, 0.1) is 18.8 Å². The SMILES string of the molecule is CC[C@H](/C=C/C=C\C[C@H](CO)O[Si](c1ccccc1)(c1ccccc1)C(C)(C)C)O[Si](c1ccccc1)(c1ccccc1)C(C)(C)C. The molecule has 0 aliphatic rings. The molecule has 4 aromatic rings. The Morgan fingerprint density at radius 3 is 1.26 bits per heavy atom. The molecule has 1 N–H and O–H groups in total. The average Bonchev–Trinajstić information content (AvgIpc) is 3.08. The average molecular weight is 663 g/mol. The lowest BCUT2D eigenvalue weighted by Gasteiger charge is -2.45. The van der Waals surface area contributed by atoms with E-state index in [-0.39, 0.29) is 28.9 Å². The van der Waals surface area contributed by atoms with Gasteiger partial charge < -0.3 is 14.0 Å². The van der Waals surface area contributed by atoms with Crippen molar-refractivity contribution in [2.24, 2.45) is 0 Å². The summed E-state index contributed by atoms with van der Waals surface area (Å²) in [7, 11) is -5.42. The maximum absolute atomic E-state index is 10.6. The Balaban J connectivity index is 1.58. The summed E-state index contributed by atoms with van der Waals surface area (Å²) in [5.41, 5.74) is 0. The van der Waals surface area contributed by atoms with E-state index in [1.54, 1.807) is 0 Å². The molecule has 0 aromatic heterocycles. The third-order valence-electron chi connectivity index (χ3n) is 9.08. The van der Waals surface area contributed by atoms with Crippen LogP contribution in [0.25, 0.3) is 0 Å². The summed E-state index contributed by atoms with van der Waals surface area (Å²) >= 11 is 0. The molecule has 0 spiro atoms. The molecule has 4 aromatic carbocycles. The van der Waals surface area contributed by atoms with Gasteiger partial charge in [-0.1, -0.05) is 194 Å². The number of benzene rings is 4. The summed E-state index contributed by atoms with van der Waals surface area (Å²) < 4.78 is 14.5. The Hall–Kier alpha value is -3.33. The summed E-state index contributed by atoms with van der Waals surface area (Å²) in [4.78, 5) is 0. The number of hydrogen-bond donors (Lipinski definition) is 1. The molecule has 0 saturated heterocycles. The molecule has 0 amide bonds. The summed E-state index contributed by atoms with van der Waals surface area (Å²) in [6.45, 7) is 15.9. The molecule has 4 rings (SSSR count). The van der Waals surface area contributed by atoms with Gasteiger partial charge in [0, 0.05) is 0 Å². The van der Waals surface area contributed by atoms with Crippen LogP contribution in [-0.2, 0) is 8.85 Å². The first-order valence-electron chi connectivity index (χ1n) is 17.0. The van der Waals surface area contributed by atoms with Crippen LogP contribution < -0.4 is 20.7 Å². The van der Waals surface area contributed by atoms with Crippen LogP contribution >= 0.6 is 0 Å². The van der Waals surface area contributed by atoms with Gasteiger partial charge in [0.15, 0.2) is 0 Å². The van der Waals surface area contributed by atoms with Crippen LogP contribution in [0.3, 0.4) is 0 Å². The van der Waals surface area contributed by atoms with Gasteiger partial charge in [-0.3, -0.25) is 0 Å². The Bertz CT molecular complexity index is 1460. The summed E-state index contributed by atoms with van der Waals surface area (Å²) in [5.74, 6) is 0. The molecule has 0 aliphatic carbocycles. The van der Waals surface area contributed by atoms with Gasteiger partial charge in [-0.2, -0.15) is 0 Å². The smallest absolute Gasteiger partial charge is 0.261 e. The maximum atomic E-state index is 10.6. The minimum absolute atomic E-state index is 0.0482. The highest BCUT2D eigenvalue weighted by Gasteiger charge is 2.52. The standard InChI is InChI=1S/C42H54O3Si2/c1-8-35(44-46(41(2,3)4,37-26-16-10-17-27-37)38-28-18-11-19-29-38)24-14-9-15-25-36(34-43)45-47(42(5,6)7,39-30-20-12-21-31-39)40-32-22-13-23-33-40/h9-24,26-33,35-36,43H,8,25,34H2,1-7H3/b15-9-,24-14+/t35-,36-/m1/s1. The molecule has 0 fully saturated rings. The third-order valence-corrected chi connectivity index (χ3v) is 19.2. The second-order valence-electron chi connectivity index (χ2n) is 14.4. The lowest BCUT2D eigenvalue weighted by molar-refractivity contribution is 0.109. The summed E-state index contributed by atoms with van der Waals surface area (Å²) in [5, 5.41) is 15.3. The van der Waals surface area contributed by atoms with Gasteiger partial charge in [-0.15, -0.1) is 0 Å². The lowest BCUT2D eigenvalue weighted by atomic mass is 10.2. The third kappa shape index (κ3) is 8.22. The quantitative estimate of drug-likeness (QED) is 0.111. The van der Waals surface area contributed by atoms with Crippen molar-refractivity contribution in [1.29, 1.82) is 0 Å². The zero-order chi connectivity index (χ0) is 34.0. The second-order valence-corrected chi connectivity index (χ2v) is 22.9. The van der Waals surface area contributed by atoms with E-state index in [4.69, 9.17) is 8.85 Å². The second kappa shape index (κ2) is 16.2. The van der Waals surface area contributed by atoms with Crippen LogP contribution in [0, 0.1) is 0 Å². The first-order valence-corrected chi connectivity index (χ1v) is 20.8. The van der Waals surface area contributed by atoms with Crippen molar-refractivity contribution in [1.82, 2.24) is 0 Å². The molecular weight excluding hydrogens is 609 g/mol. The fraction of sp³-hybridized carbons (Fsp3) is 0.333. The molecular formula is C42H54O3Si2. The van der Waals surface area contributed by atoms with E-state index in [9.17, 15) is 5.11 Å². The van der Waals surface area contributed by atoms with E-state index in [2.05, 4.69) is 194 Å². The van der Waals surface area contributed by atoms with E-state index in [1.165, 1.54) is 20.7 Å². The van der Waals surface area contributed by atoms with Crippen molar-refractivity contribution >= 4 is 37.4 Å². The number of rotatable bonds is 14. The van der Waals surface area contributed by atoms with Crippen molar-refractivity contribution < 1.29 is 14.0 Å². The summed E-state index contributed by atoms with van der Waals surface area (Å²) in [6.07, 6.45) is 9.58. The Morgan fingerprint density at radius 2 is 0.936 bits per heavy atom. The predicted octanol–water partition coefficient (Wildman–Crippen LogP) is 7.78. The number of allylic oxidation sites excluding steroid dienone is 2. The fourth-order valence-electron chi connectivity index (χ4n) is 6.78. The van der Waals surface area contributed by atoms with Crippen LogP contribution in [0.1, 0.15) is 61.3 Å². The zero-order valence-electron chi connectivity index (χ0n) is 29.4. The molecule has 47 heavy (non-hydrogen) atoms. The van der Waals surface area contributed by atoms with Crippen LogP contribution in [0.4, 0.5) is 0 Å². The molecule has 0 saturated carbocycles. The van der Waals surface area contributed by atoms with E-state index in [0.29, 0.717) is 6.42 Å². The molecule has 3 nitrogen and oxygen atoms in total. The lowest BCUT2D eigenvalue weighted by Crippen LogP contribution is -2.68. The van der Waals surface area contributed by atoms with Gasteiger partial charge in [-0.25, -0.2) is 0 Å². The minimum Gasteiger partial charge on any atom is -0.402 e. The monoisotopic (exact) mass is 662 g/mol. The predicted molar refractivity (Wildman–Crippen MR) is 205 cm³/mol. The molecule has 2 atom stereocenters. The maximum Gasteiger partial charge on any atom is 0.261 e. The van der Waals surface area contributed by atoms with Gasteiger partial charge in [0.25, 0.3) is 16.6 Å². The van der Waals surface area contributed by atoms with E-state index >= 15 is 0 Å². The zero-order valence-corrected chi connectivity index (χ0v) is 31.4. The Morgan fingerprint density at radius 1 is 0.574 bits per heavy atom. The number of hydrogen-bond acceptors (Lipinski definition) is 3. The highest BCUT2D eigenvalue weighted by molar-refractivity contribution is 7.00. The van der Waals surface area contributed by atoms with E-state index in [1.807, 2.05) is 0 Å². The molecule has 5 heteroatoms. The molecule has 0 heterocycles. The fourth-order valence-corrected chi connectivity index (χ4v) is 16.2. The van der Waals surface area contributed by atoms with Crippen molar-refractivity contribution in [2.75, 3.05) is 6.61 Å². The minimum atomic E-state index is -2.76. The van der Waals surface area contributed by atoms with Gasteiger partial charge in [0.1, 0.15) is 0 Å². The number of aliphatic hydroxyl groups excluding tert-OH is 1. The van der Waals surface area contributed by atoms with Crippen molar-refractivity contribution in [3.05, 3.63) is 146 Å². The van der Waals surface area contributed by atoms with Crippen molar-refractivity contribution in [2.45, 2.75) is 83.6 Å². The van der Waals surface area contributed by atoms with Gasteiger partial charge >= 0.3 is 0 Å². The molecule has 0 aliphatic heterocycles. The topological polar surface area (TPSA) is 38.7 Å². The largest absolute Gasteiger partial charge is 0.402 e. The Kier molecular flexibility index (Phi) is 12.6.